The fraction of sp³-hybridized carbons (Fsp3) is 0.929. The van der Waals surface area contributed by atoms with Gasteiger partial charge in [0.1, 0.15) is 9.84 Å². The molecular weight excluding hydrogens is 415 g/mol. The Morgan fingerprint density at radius 2 is 1.91 bits per heavy atom. The molecule has 0 aromatic rings. The summed E-state index contributed by atoms with van der Waals surface area (Å²) in [5.41, 5.74) is 0. The molecule has 0 spiro atoms. The molecule has 132 valence electrons. The number of nitrogens with one attached hydrogen (secondary N) is 2. The van der Waals surface area contributed by atoms with Crippen molar-refractivity contribution in [2.24, 2.45) is 4.99 Å². The van der Waals surface area contributed by atoms with Gasteiger partial charge in [0, 0.05) is 45.0 Å². The number of halogens is 1. The maximum absolute atomic E-state index is 11.1. The van der Waals surface area contributed by atoms with Gasteiger partial charge in [0.05, 0.1) is 5.75 Å². The summed E-state index contributed by atoms with van der Waals surface area (Å²) in [5, 5.41) is 6.61. The Kier molecular flexibility index (Phi) is 10.6. The molecule has 0 aliphatic carbocycles. The monoisotopic (exact) mass is 446 g/mol. The van der Waals surface area contributed by atoms with Crippen LogP contribution in [0.3, 0.4) is 0 Å². The number of hydrogen-bond acceptors (Lipinski definition) is 4. The number of rotatable bonds is 6. The van der Waals surface area contributed by atoms with Crippen LogP contribution < -0.4 is 10.6 Å². The van der Waals surface area contributed by atoms with E-state index in [2.05, 4.69) is 34.4 Å². The smallest absolute Gasteiger partial charge is 0.191 e. The number of hydrogen-bond donors (Lipinski definition) is 2. The van der Waals surface area contributed by atoms with Gasteiger partial charge in [0.15, 0.2) is 5.96 Å². The lowest BCUT2D eigenvalue weighted by Gasteiger charge is -2.35. The summed E-state index contributed by atoms with van der Waals surface area (Å²) in [4.78, 5) is 6.69. The maximum Gasteiger partial charge on any atom is 0.191 e. The fourth-order valence-electron chi connectivity index (χ4n) is 2.49. The van der Waals surface area contributed by atoms with Gasteiger partial charge in [-0.15, -0.1) is 24.0 Å². The highest BCUT2D eigenvalue weighted by Gasteiger charge is 2.21. The Balaban J connectivity index is 0.00000441. The average molecular weight is 446 g/mol. The third-order valence-electron chi connectivity index (χ3n) is 3.81. The van der Waals surface area contributed by atoms with Crippen molar-refractivity contribution in [2.45, 2.75) is 45.2 Å². The number of aliphatic imine (C=N–C) groups is 1. The third kappa shape index (κ3) is 9.14. The minimum atomic E-state index is -2.88. The summed E-state index contributed by atoms with van der Waals surface area (Å²) in [5.74, 6) is 0.982. The molecule has 1 saturated heterocycles. The first kappa shape index (κ1) is 21.9. The second kappa shape index (κ2) is 10.6. The highest BCUT2D eigenvalue weighted by atomic mass is 127. The molecule has 0 bridgehead atoms. The van der Waals surface area contributed by atoms with Crippen LogP contribution in [0.25, 0.3) is 0 Å². The van der Waals surface area contributed by atoms with Crippen molar-refractivity contribution < 1.29 is 8.42 Å². The molecule has 1 heterocycles. The second-order valence-electron chi connectivity index (χ2n) is 6.03. The highest BCUT2D eigenvalue weighted by molar-refractivity contribution is 14.0. The molecule has 0 aromatic carbocycles. The van der Waals surface area contributed by atoms with Gasteiger partial charge in [0.25, 0.3) is 0 Å². The lowest BCUT2D eigenvalue weighted by molar-refractivity contribution is 0.167. The van der Waals surface area contributed by atoms with Gasteiger partial charge in [-0.3, -0.25) is 4.99 Å². The van der Waals surface area contributed by atoms with Gasteiger partial charge >= 0.3 is 0 Å². The predicted molar refractivity (Wildman–Crippen MR) is 104 cm³/mol. The van der Waals surface area contributed by atoms with Crippen LogP contribution >= 0.6 is 24.0 Å². The number of sulfone groups is 1. The Morgan fingerprint density at radius 3 is 2.36 bits per heavy atom. The number of guanidine groups is 1. The highest BCUT2D eigenvalue weighted by Crippen LogP contribution is 2.12. The van der Waals surface area contributed by atoms with Crippen molar-refractivity contribution in [2.75, 3.05) is 38.7 Å². The first-order valence-corrected chi connectivity index (χ1v) is 9.77. The molecular formula is C14H31IN4O2S. The van der Waals surface area contributed by atoms with Crippen LogP contribution in [0, 0.1) is 0 Å². The molecule has 0 unspecified atom stereocenters. The van der Waals surface area contributed by atoms with E-state index in [1.54, 1.807) is 7.05 Å². The molecule has 1 aliphatic heterocycles. The van der Waals surface area contributed by atoms with E-state index in [0.717, 1.165) is 31.9 Å². The van der Waals surface area contributed by atoms with E-state index in [4.69, 9.17) is 0 Å². The minimum Gasteiger partial charge on any atom is -0.356 e. The Hall–Kier alpha value is -0.0900. The number of piperidine rings is 1. The van der Waals surface area contributed by atoms with Crippen molar-refractivity contribution in [3.8, 4) is 0 Å². The number of likely N-dealkylation sites (tertiary alicyclic amines) is 1. The molecule has 0 saturated carbocycles. The van der Waals surface area contributed by atoms with Crippen molar-refractivity contribution in [3.63, 3.8) is 0 Å². The zero-order valence-electron chi connectivity index (χ0n) is 14.1. The first-order valence-electron chi connectivity index (χ1n) is 7.71. The van der Waals surface area contributed by atoms with E-state index in [-0.39, 0.29) is 29.7 Å². The summed E-state index contributed by atoms with van der Waals surface area (Å²) in [6.07, 6.45) is 4.10. The molecule has 8 heteroatoms. The zero-order chi connectivity index (χ0) is 15.9. The molecule has 2 N–H and O–H groups in total. The summed E-state index contributed by atoms with van der Waals surface area (Å²) < 4.78 is 22.1. The molecule has 1 rings (SSSR count). The fourth-order valence-corrected chi connectivity index (χ4v) is 3.16. The Labute approximate surface area is 152 Å². The van der Waals surface area contributed by atoms with E-state index < -0.39 is 9.84 Å². The topological polar surface area (TPSA) is 73.8 Å². The van der Waals surface area contributed by atoms with Crippen molar-refractivity contribution in [1.82, 2.24) is 15.5 Å². The Bertz CT molecular complexity index is 432. The van der Waals surface area contributed by atoms with Gasteiger partial charge in [0.2, 0.25) is 0 Å². The largest absolute Gasteiger partial charge is 0.356 e. The van der Waals surface area contributed by atoms with Gasteiger partial charge in [-0.1, -0.05) is 0 Å². The van der Waals surface area contributed by atoms with E-state index in [1.165, 1.54) is 6.26 Å². The first-order chi connectivity index (χ1) is 9.81. The molecule has 0 amide bonds. The van der Waals surface area contributed by atoms with Crippen LogP contribution in [0.2, 0.25) is 0 Å². The molecule has 0 aromatic heterocycles. The SMILES string of the molecule is CN=C(NCCCS(C)(=O)=O)NC1CCN(C(C)C)CC1.I. The number of nitrogens with zero attached hydrogens (tertiary/aromatic N) is 2. The zero-order valence-corrected chi connectivity index (χ0v) is 17.3. The lowest BCUT2D eigenvalue weighted by Crippen LogP contribution is -2.50. The van der Waals surface area contributed by atoms with Gasteiger partial charge in [-0.05, 0) is 33.1 Å². The van der Waals surface area contributed by atoms with Crippen LogP contribution in [-0.4, -0.2) is 70.1 Å². The van der Waals surface area contributed by atoms with E-state index >= 15 is 0 Å². The lowest BCUT2D eigenvalue weighted by atomic mass is 10.0. The van der Waals surface area contributed by atoms with Crippen LogP contribution in [0.5, 0.6) is 0 Å². The van der Waals surface area contributed by atoms with E-state index in [9.17, 15) is 8.42 Å². The van der Waals surface area contributed by atoms with Crippen LogP contribution in [-0.2, 0) is 9.84 Å². The molecule has 0 atom stereocenters. The van der Waals surface area contributed by atoms with Gasteiger partial charge < -0.3 is 15.5 Å². The summed E-state index contributed by atoms with van der Waals surface area (Å²) in [6, 6.07) is 1.06. The standard InChI is InChI=1S/C14H30N4O2S.HI/c1-12(2)18-9-6-13(7-10-18)17-14(15-3)16-8-5-11-21(4,19)20;/h12-13H,5-11H2,1-4H3,(H2,15,16,17);1H. The molecule has 6 nitrogen and oxygen atoms in total. The maximum atomic E-state index is 11.1. The van der Waals surface area contributed by atoms with Crippen LogP contribution in [0.4, 0.5) is 0 Å². The average Bonchev–Trinajstić information content (AvgIpc) is 2.41. The molecule has 0 radical (unpaired) electrons. The van der Waals surface area contributed by atoms with Crippen molar-refractivity contribution >= 4 is 39.8 Å². The quantitative estimate of drug-likeness (QED) is 0.277. The normalized spacial score (nSPS) is 18.1. The third-order valence-corrected chi connectivity index (χ3v) is 4.84. The molecule has 22 heavy (non-hydrogen) atoms. The van der Waals surface area contributed by atoms with E-state index in [0.29, 0.717) is 25.0 Å². The second-order valence-corrected chi connectivity index (χ2v) is 8.29. The molecule has 1 fully saturated rings. The van der Waals surface area contributed by atoms with Crippen LogP contribution in [0.15, 0.2) is 4.99 Å². The van der Waals surface area contributed by atoms with Gasteiger partial charge in [-0.2, -0.15) is 0 Å². The van der Waals surface area contributed by atoms with Gasteiger partial charge in [-0.25, -0.2) is 8.42 Å². The minimum absolute atomic E-state index is 0. The Morgan fingerprint density at radius 1 is 1.32 bits per heavy atom. The van der Waals surface area contributed by atoms with Crippen molar-refractivity contribution in [1.29, 1.82) is 0 Å². The van der Waals surface area contributed by atoms with E-state index in [1.807, 2.05) is 0 Å². The molecule has 1 aliphatic rings. The summed E-state index contributed by atoms with van der Waals surface area (Å²) >= 11 is 0. The van der Waals surface area contributed by atoms with Crippen molar-refractivity contribution in [3.05, 3.63) is 0 Å². The summed E-state index contributed by atoms with van der Waals surface area (Å²) in [6.45, 7) is 7.31. The summed E-state index contributed by atoms with van der Waals surface area (Å²) in [7, 11) is -1.13. The van der Waals surface area contributed by atoms with Crippen LogP contribution in [0.1, 0.15) is 33.1 Å². The predicted octanol–water partition coefficient (Wildman–Crippen LogP) is 1.08.